The van der Waals surface area contributed by atoms with Gasteiger partial charge in [-0.05, 0) is 36.4 Å². The smallest absolute Gasteiger partial charge is 0.234 e. The third-order valence-corrected chi connectivity index (χ3v) is 6.89. The Kier molecular flexibility index (Phi) is 6.37. The number of aromatic nitrogens is 4. The summed E-state index contributed by atoms with van der Waals surface area (Å²) in [6, 6.07) is 27.7. The molecule has 0 atom stereocenters. The molecule has 8 heteroatoms. The fourth-order valence-electron chi connectivity index (χ4n) is 3.29. The average Bonchev–Trinajstić information content (AvgIpc) is 3.30. The van der Waals surface area contributed by atoms with Gasteiger partial charge in [0.15, 0.2) is 5.65 Å². The summed E-state index contributed by atoms with van der Waals surface area (Å²) >= 11 is 2.99. The number of carbonyl (C=O) groups is 1. The molecule has 0 bridgehead atoms. The number of amides is 1. The fourth-order valence-corrected chi connectivity index (χ4v) is 4.97. The SMILES string of the molecule is O=C(CSc1ncnc2c1cnn2-c1ccccc1)Nc1ccccc1Sc1ccccc1. The first-order valence-corrected chi connectivity index (χ1v) is 12.1. The van der Waals surface area contributed by atoms with Crippen molar-refractivity contribution < 1.29 is 4.79 Å². The molecule has 0 saturated carbocycles. The number of hydrogen-bond donors (Lipinski definition) is 1. The second kappa shape index (κ2) is 9.89. The largest absolute Gasteiger partial charge is 0.324 e. The van der Waals surface area contributed by atoms with E-state index >= 15 is 0 Å². The Labute approximate surface area is 199 Å². The molecule has 0 unspecified atom stereocenters. The molecule has 6 nitrogen and oxygen atoms in total. The molecule has 0 aliphatic carbocycles. The molecular formula is C25H19N5OS2. The van der Waals surface area contributed by atoms with Crippen molar-refractivity contribution in [2.24, 2.45) is 0 Å². The van der Waals surface area contributed by atoms with Gasteiger partial charge in [0, 0.05) is 9.79 Å². The van der Waals surface area contributed by atoms with Crippen LogP contribution in [0.1, 0.15) is 0 Å². The van der Waals surface area contributed by atoms with Crippen LogP contribution >= 0.6 is 23.5 Å². The van der Waals surface area contributed by atoms with Crippen molar-refractivity contribution in [2.75, 3.05) is 11.1 Å². The van der Waals surface area contributed by atoms with Gasteiger partial charge < -0.3 is 5.32 Å². The summed E-state index contributed by atoms with van der Waals surface area (Å²) in [5, 5.41) is 9.05. The Morgan fingerprint density at radius 2 is 1.61 bits per heavy atom. The van der Waals surface area contributed by atoms with Gasteiger partial charge in [0.05, 0.1) is 28.7 Å². The second-order valence-corrected chi connectivity index (χ2v) is 9.14. The van der Waals surface area contributed by atoms with E-state index in [4.69, 9.17) is 0 Å². The van der Waals surface area contributed by atoms with Crippen LogP contribution in [0.3, 0.4) is 0 Å². The van der Waals surface area contributed by atoms with Crippen LogP contribution in [0.25, 0.3) is 16.7 Å². The predicted molar refractivity (Wildman–Crippen MR) is 133 cm³/mol. The van der Waals surface area contributed by atoms with E-state index in [1.165, 1.54) is 18.1 Å². The molecule has 0 aliphatic heterocycles. The number of hydrogen-bond acceptors (Lipinski definition) is 6. The van der Waals surface area contributed by atoms with Gasteiger partial charge >= 0.3 is 0 Å². The summed E-state index contributed by atoms with van der Waals surface area (Å²) in [4.78, 5) is 23.6. The minimum absolute atomic E-state index is 0.0941. The molecule has 162 valence electrons. The summed E-state index contributed by atoms with van der Waals surface area (Å²) in [5.41, 5.74) is 2.43. The highest BCUT2D eigenvalue weighted by atomic mass is 32.2. The van der Waals surface area contributed by atoms with Gasteiger partial charge in [-0.25, -0.2) is 14.6 Å². The van der Waals surface area contributed by atoms with Crippen LogP contribution in [0.15, 0.2) is 112 Å². The van der Waals surface area contributed by atoms with E-state index in [1.807, 2.05) is 72.8 Å². The number of benzene rings is 3. The lowest BCUT2D eigenvalue weighted by Crippen LogP contribution is -2.14. The maximum atomic E-state index is 12.7. The standard InChI is InChI=1S/C25H19N5OS2/c31-23(29-21-13-7-8-14-22(21)33-19-11-5-2-6-12-19)16-32-25-20-15-28-30(24(20)26-17-27-25)18-9-3-1-4-10-18/h1-15,17H,16H2,(H,29,31). The molecule has 5 aromatic rings. The molecule has 5 rings (SSSR count). The van der Waals surface area contributed by atoms with Crippen molar-refractivity contribution in [1.29, 1.82) is 0 Å². The minimum atomic E-state index is -0.0941. The zero-order chi connectivity index (χ0) is 22.5. The molecular weight excluding hydrogens is 450 g/mol. The maximum absolute atomic E-state index is 12.7. The number of carbonyl (C=O) groups excluding carboxylic acids is 1. The number of nitrogens with one attached hydrogen (secondary N) is 1. The van der Waals surface area contributed by atoms with Gasteiger partial charge in [-0.15, -0.1) is 0 Å². The van der Waals surface area contributed by atoms with Crippen molar-refractivity contribution in [3.63, 3.8) is 0 Å². The number of nitrogens with zero attached hydrogens (tertiary/aromatic N) is 4. The number of fused-ring (bicyclic) bond motifs is 1. The lowest BCUT2D eigenvalue weighted by Gasteiger charge is -2.10. The van der Waals surface area contributed by atoms with Gasteiger partial charge in [-0.3, -0.25) is 4.79 Å². The number of anilines is 1. The third kappa shape index (κ3) is 4.92. The van der Waals surface area contributed by atoms with Gasteiger partial charge in [0.25, 0.3) is 0 Å². The first-order chi connectivity index (χ1) is 16.3. The summed E-state index contributed by atoms with van der Waals surface area (Å²) in [7, 11) is 0. The van der Waals surface area contributed by atoms with Crippen LogP contribution in [0, 0.1) is 0 Å². The van der Waals surface area contributed by atoms with Crippen molar-refractivity contribution in [2.45, 2.75) is 14.8 Å². The van der Waals surface area contributed by atoms with Crippen LogP contribution in [-0.2, 0) is 4.79 Å². The fraction of sp³-hybridized carbons (Fsp3) is 0.0400. The molecule has 2 heterocycles. The second-order valence-electron chi connectivity index (χ2n) is 7.06. The van der Waals surface area contributed by atoms with E-state index in [1.54, 1.807) is 22.6 Å². The van der Waals surface area contributed by atoms with E-state index in [9.17, 15) is 4.79 Å². The Morgan fingerprint density at radius 3 is 2.42 bits per heavy atom. The van der Waals surface area contributed by atoms with Crippen LogP contribution in [-0.4, -0.2) is 31.4 Å². The van der Waals surface area contributed by atoms with E-state index in [0.29, 0.717) is 5.65 Å². The Morgan fingerprint density at radius 1 is 0.879 bits per heavy atom. The third-order valence-electron chi connectivity index (χ3n) is 4.80. The Bertz CT molecular complexity index is 1390. The van der Waals surface area contributed by atoms with Gasteiger partial charge in [0.2, 0.25) is 5.91 Å². The van der Waals surface area contributed by atoms with Crippen LogP contribution < -0.4 is 5.32 Å². The van der Waals surface area contributed by atoms with Gasteiger partial charge in [-0.2, -0.15) is 5.10 Å². The maximum Gasteiger partial charge on any atom is 0.234 e. The zero-order valence-corrected chi connectivity index (χ0v) is 19.1. The molecule has 0 aliphatic rings. The minimum Gasteiger partial charge on any atom is -0.324 e. The number of para-hydroxylation sites is 2. The van der Waals surface area contributed by atoms with E-state index in [2.05, 4.69) is 32.5 Å². The quantitative estimate of drug-likeness (QED) is 0.244. The highest BCUT2D eigenvalue weighted by Crippen LogP contribution is 2.33. The predicted octanol–water partition coefficient (Wildman–Crippen LogP) is 5.70. The zero-order valence-electron chi connectivity index (χ0n) is 17.5. The molecule has 1 amide bonds. The lowest BCUT2D eigenvalue weighted by atomic mass is 10.3. The molecule has 0 saturated heterocycles. The first-order valence-electron chi connectivity index (χ1n) is 10.3. The lowest BCUT2D eigenvalue weighted by molar-refractivity contribution is -0.113. The Balaban J connectivity index is 1.29. The monoisotopic (exact) mass is 469 g/mol. The van der Waals surface area contributed by atoms with Crippen LogP contribution in [0.4, 0.5) is 5.69 Å². The molecule has 1 N–H and O–H groups in total. The summed E-state index contributed by atoms with van der Waals surface area (Å²) in [5.74, 6) is 0.135. The van der Waals surface area contributed by atoms with Crippen molar-refractivity contribution >= 4 is 46.2 Å². The molecule has 3 aromatic carbocycles. The van der Waals surface area contributed by atoms with Gasteiger partial charge in [-0.1, -0.05) is 72.1 Å². The average molecular weight is 470 g/mol. The molecule has 33 heavy (non-hydrogen) atoms. The molecule has 0 spiro atoms. The van der Waals surface area contributed by atoms with Gasteiger partial charge in [0.1, 0.15) is 11.4 Å². The molecule has 2 aromatic heterocycles. The summed E-state index contributed by atoms with van der Waals surface area (Å²) in [6.45, 7) is 0. The Hall–Kier alpha value is -3.62. The summed E-state index contributed by atoms with van der Waals surface area (Å²) in [6.07, 6.45) is 3.25. The van der Waals surface area contributed by atoms with Crippen molar-refractivity contribution in [3.8, 4) is 5.69 Å². The van der Waals surface area contributed by atoms with Crippen molar-refractivity contribution in [3.05, 3.63) is 97.5 Å². The topological polar surface area (TPSA) is 72.7 Å². The van der Waals surface area contributed by atoms with Crippen LogP contribution in [0.2, 0.25) is 0 Å². The molecule has 0 radical (unpaired) electrons. The summed E-state index contributed by atoms with van der Waals surface area (Å²) < 4.78 is 1.78. The first kappa shape index (κ1) is 21.2. The molecule has 0 fully saturated rings. The van der Waals surface area contributed by atoms with Crippen LogP contribution in [0.5, 0.6) is 0 Å². The highest BCUT2D eigenvalue weighted by Gasteiger charge is 2.14. The number of thioether (sulfide) groups is 1. The van der Waals surface area contributed by atoms with E-state index in [-0.39, 0.29) is 11.7 Å². The van der Waals surface area contributed by atoms with E-state index < -0.39 is 0 Å². The van der Waals surface area contributed by atoms with E-state index in [0.717, 1.165) is 31.6 Å². The highest BCUT2D eigenvalue weighted by molar-refractivity contribution is 8.00. The normalized spacial score (nSPS) is 10.9. The van der Waals surface area contributed by atoms with Crippen molar-refractivity contribution in [1.82, 2.24) is 19.7 Å². The number of rotatable bonds is 7.